The summed E-state index contributed by atoms with van der Waals surface area (Å²) in [6, 6.07) is 14.4. The van der Waals surface area contributed by atoms with Gasteiger partial charge >= 0.3 is 5.69 Å². The first kappa shape index (κ1) is 16.6. The zero-order valence-electron chi connectivity index (χ0n) is 14.1. The second-order valence-electron chi connectivity index (χ2n) is 6.17. The largest absolute Gasteiger partial charge is 0.365 e. The summed E-state index contributed by atoms with van der Waals surface area (Å²) < 4.78 is 1.14. The fraction of sp³-hybridized carbons (Fsp3) is 0.222. The molecule has 25 heavy (non-hydrogen) atoms. The number of nitrogens with zero attached hydrogens (tertiary/aromatic N) is 3. The van der Waals surface area contributed by atoms with Crippen LogP contribution < -0.4 is 11.0 Å². The van der Waals surface area contributed by atoms with Crippen LogP contribution in [0.5, 0.6) is 0 Å². The van der Waals surface area contributed by atoms with E-state index in [1.54, 1.807) is 24.3 Å². The van der Waals surface area contributed by atoms with Gasteiger partial charge in [0.2, 0.25) is 0 Å². The number of aromatic amines is 1. The number of amides is 1. The van der Waals surface area contributed by atoms with Gasteiger partial charge in [-0.1, -0.05) is 32.0 Å². The zero-order valence-corrected chi connectivity index (χ0v) is 14.1. The van der Waals surface area contributed by atoms with Gasteiger partial charge in [-0.3, -0.25) is 4.79 Å². The number of aromatic nitrogens is 4. The topological polar surface area (TPSA) is 92.7 Å². The number of benzene rings is 2. The second kappa shape index (κ2) is 7.12. The minimum atomic E-state index is -0.417. The minimum Gasteiger partial charge on any atom is -0.322 e. The molecule has 0 radical (unpaired) electrons. The molecule has 0 saturated heterocycles. The van der Waals surface area contributed by atoms with Gasteiger partial charge in [0, 0.05) is 11.3 Å². The van der Waals surface area contributed by atoms with Gasteiger partial charge in [-0.25, -0.2) is 9.89 Å². The average Bonchev–Trinajstić information content (AvgIpc) is 3.01. The number of tetrazole rings is 1. The molecule has 3 rings (SSSR count). The molecular formula is C18H19N5O2. The van der Waals surface area contributed by atoms with Gasteiger partial charge in [0.1, 0.15) is 0 Å². The standard InChI is InChI=1S/C18H19N5O2/c1-12(2)11-13-5-3-4-6-16(13)17(24)19-14-7-9-15(10-8-14)23-18(25)20-21-22-23/h3-10,12H,11H2,1-2H3,(H,19,24)(H,20,22,25). The van der Waals surface area contributed by atoms with Crippen LogP contribution in [0.4, 0.5) is 5.69 Å². The number of carbonyl (C=O) groups is 1. The van der Waals surface area contributed by atoms with Gasteiger partial charge < -0.3 is 5.32 Å². The Labute approximate surface area is 144 Å². The van der Waals surface area contributed by atoms with Gasteiger partial charge in [-0.2, -0.15) is 4.68 Å². The second-order valence-corrected chi connectivity index (χ2v) is 6.17. The predicted octanol–water partition coefficient (Wildman–Crippen LogP) is 2.41. The maximum atomic E-state index is 12.6. The van der Waals surface area contributed by atoms with E-state index < -0.39 is 5.69 Å². The Bertz CT molecular complexity index is 925. The van der Waals surface area contributed by atoms with E-state index in [9.17, 15) is 9.59 Å². The lowest BCUT2D eigenvalue weighted by atomic mass is 9.97. The van der Waals surface area contributed by atoms with Crippen molar-refractivity contribution in [2.45, 2.75) is 20.3 Å². The highest BCUT2D eigenvalue weighted by molar-refractivity contribution is 6.05. The van der Waals surface area contributed by atoms with Crippen LogP contribution in [0.3, 0.4) is 0 Å². The summed E-state index contributed by atoms with van der Waals surface area (Å²) in [5.41, 5.74) is 2.50. The van der Waals surface area contributed by atoms with E-state index >= 15 is 0 Å². The Hall–Kier alpha value is -3.22. The predicted molar refractivity (Wildman–Crippen MR) is 94.9 cm³/mol. The third kappa shape index (κ3) is 3.82. The molecule has 2 N–H and O–H groups in total. The lowest BCUT2D eigenvalue weighted by molar-refractivity contribution is 0.102. The summed E-state index contributed by atoms with van der Waals surface area (Å²) in [6.45, 7) is 4.25. The fourth-order valence-electron chi connectivity index (χ4n) is 2.61. The monoisotopic (exact) mass is 337 g/mol. The summed E-state index contributed by atoms with van der Waals surface area (Å²) >= 11 is 0. The molecule has 7 heteroatoms. The van der Waals surface area contributed by atoms with Crippen LogP contribution >= 0.6 is 0 Å². The Morgan fingerprint density at radius 1 is 1.16 bits per heavy atom. The van der Waals surface area contributed by atoms with E-state index in [0.29, 0.717) is 22.9 Å². The highest BCUT2D eigenvalue weighted by Gasteiger charge is 2.12. The van der Waals surface area contributed by atoms with Gasteiger partial charge in [-0.05, 0) is 58.7 Å². The van der Waals surface area contributed by atoms with Crippen molar-refractivity contribution in [2.75, 3.05) is 5.32 Å². The van der Waals surface area contributed by atoms with Crippen LogP contribution in [0.25, 0.3) is 5.69 Å². The number of H-pyrrole nitrogens is 1. The molecule has 3 aromatic rings. The molecule has 0 bridgehead atoms. The molecule has 0 spiro atoms. The SMILES string of the molecule is CC(C)Cc1ccccc1C(=O)Nc1ccc(-n2nn[nH]c2=O)cc1. The van der Waals surface area contributed by atoms with Gasteiger partial charge in [-0.15, -0.1) is 0 Å². The lowest BCUT2D eigenvalue weighted by Crippen LogP contribution is -2.17. The third-order valence-corrected chi connectivity index (χ3v) is 3.73. The van der Waals surface area contributed by atoms with Crippen molar-refractivity contribution >= 4 is 11.6 Å². The molecule has 1 aromatic heterocycles. The number of nitrogens with one attached hydrogen (secondary N) is 2. The number of hydrogen-bond acceptors (Lipinski definition) is 4. The van der Waals surface area contributed by atoms with Gasteiger partial charge in [0.25, 0.3) is 5.91 Å². The van der Waals surface area contributed by atoms with Crippen LogP contribution in [0.2, 0.25) is 0 Å². The summed E-state index contributed by atoms with van der Waals surface area (Å²) in [4.78, 5) is 24.1. The van der Waals surface area contributed by atoms with Crippen LogP contribution in [0, 0.1) is 5.92 Å². The van der Waals surface area contributed by atoms with Crippen LogP contribution in [-0.4, -0.2) is 26.1 Å². The Morgan fingerprint density at radius 3 is 2.52 bits per heavy atom. The first-order valence-corrected chi connectivity index (χ1v) is 8.04. The van der Waals surface area contributed by atoms with Gasteiger partial charge in [0.15, 0.2) is 0 Å². The molecule has 1 amide bonds. The van der Waals surface area contributed by atoms with Crippen molar-refractivity contribution < 1.29 is 4.79 Å². The quantitative estimate of drug-likeness (QED) is 0.748. The van der Waals surface area contributed by atoms with Crippen molar-refractivity contribution in [3.8, 4) is 5.69 Å². The Balaban J connectivity index is 1.78. The average molecular weight is 337 g/mol. The van der Waals surface area contributed by atoms with Crippen molar-refractivity contribution in [2.24, 2.45) is 5.92 Å². The van der Waals surface area contributed by atoms with Crippen molar-refractivity contribution in [3.63, 3.8) is 0 Å². The summed E-state index contributed by atoms with van der Waals surface area (Å²) in [5.74, 6) is 0.316. The summed E-state index contributed by atoms with van der Waals surface area (Å²) in [7, 11) is 0. The Morgan fingerprint density at radius 2 is 1.88 bits per heavy atom. The fourth-order valence-corrected chi connectivity index (χ4v) is 2.61. The molecule has 0 atom stereocenters. The number of hydrogen-bond donors (Lipinski definition) is 2. The van der Waals surface area contributed by atoms with E-state index in [0.717, 1.165) is 16.7 Å². The van der Waals surface area contributed by atoms with Crippen LogP contribution in [-0.2, 0) is 6.42 Å². The normalized spacial score (nSPS) is 10.8. The van der Waals surface area contributed by atoms with Crippen LogP contribution in [0.1, 0.15) is 29.8 Å². The molecule has 0 fully saturated rings. The molecule has 0 saturated carbocycles. The van der Waals surface area contributed by atoms with Crippen molar-refractivity contribution in [3.05, 3.63) is 70.1 Å². The molecule has 0 aliphatic carbocycles. The van der Waals surface area contributed by atoms with E-state index in [-0.39, 0.29) is 5.91 Å². The van der Waals surface area contributed by atoms with Gasteiger partial charge in [0.05, 0.1) is 5.69 Å². The number of anilines is 1. The summed E-state index contributed by atoms with van der Waals surface area (Å²) in [5, 5.41) is 12.2. The Kier molecular flexibility index (Phi) is 4.74. The summed E-state index contributed by atoms with van der Waals surface area (Å²) in [6.07, 6.45) is 0.845. The van der Waals surface area contributed by atoms with Crippen molar-refractivity contribution in [1.29, 1.82) is 0 Å². The van der Waals surface area contributed by atoms with E-state index in [2.05, 4.69) is 34.7 Å². The molecule has 0 aliphatic rings. The van der Waals surface area contributed by atoms with E-state index in [1.807, 2.05) is 24.3 Å². The van der Waals surface area contributed by atoms with Crippen molar-refractivity contribution in [1.82, 2.24) is 20.2 Å². The molecule has 2 aromatic carbocycles. The number of rotatable bonds is 5. The highest BCUT2D eigenvalue weighted by atomic mass is 16.2. The molecule has 7 nitrogen and oxygen atoms in total. The first-order chi connectivity index (χ1) is 12.0. The lowest BCUT2D eigenvalue weighted by Gasteiger charge is -2.12. The highest BCUT2D eigenvalue weighted by Crippen LogP contribution is 2.17. The maximum absolute atomic E-state index is 12.6. The molecular weight excluding hydrogens is 318 g/mol. The molecule has 128 valence electrons. The van der Waals surface area contributed by atoms with E-state index in [4.69, 9.17) is 0 Å². The zero-order chi connectivity index (χ0) is 17.8. The smallest absolute Gasteiger partial charge is 0.322 e. The minimum absolute atomic E-state index is 0.150. The maximum Gasteiger partial charge on any atom is 0.365 e. The molecule has 0 aliphatic heterocycles. The van der Waals surface area contributed by atoms with Crippen LogP contribution in [0.15, 0.2) is 53.3 Å². The van der Waals surface area contributed by atoms with E-state index in [1.165, 1.54) is 0 Å². The number of carbonyl (C=O) groups excluding carboxylic acids is 1. The molecule has 1 heterocycles. The molecule has 0 unspecified atom stereocenters. The first-order valence-electron chi connectivity index (χ1n) is 8.04. The third-order valence-electron chi connectivity index (χ3n) is 3.73.